The van der Waals surface area contributed by atoms with Crippen LogP contribution in [-0.4, -0.2) is 20.9 Å². The number of benzene rings is 1. The Morgan fingerprint density at radius 1 is 1.11 bits per heavy atom. The highest BCUT2D eigenvalue weighted by atomic mass is 32.2. The van der Waals surface area contributed by atoms with Crippen LogP contribution in [0.25, 0.3) is 17.0 Å². The molecule has 3 aromatic rings. The maximum absolute atomic E-state index is 8.96. The SMILES string of the molecule is CSc1ccc(-c2nnc3ccc(C#N)cn23)cc1. The van der Waals surface area contributed by atoms with E-state index in [0.29, 0.717) is 5.56 Å². The highest BCUT2D eigenvalue weighted by Gasteiger charge is 2.08. The first-order valence-electron chi connectivity index (χ1n) is 5.71. The molecule has 1 aromatic carbocycles. The molecule has 0 atom stereocenters. The number of thioether (sulfide) groups is 1. The van der Waals surface area contributed by atoms with Crippen molar-refractivity contribution in [3.63, 3.8) is 0 Å². The van der Waals surface area contributed by atoms with E-state index in [1.54, 1.807) is 30.1 Å². The van der Waals surface area contributed by atoms with Crippen molar-refractivity contribution >= 4 is 17.4 Å². The molecule has 92 valence electrons. The second-order valence-electron chi connectivity index (χ2n) is 4.01. The fourth-order valence-electron chi connectivity index (χ4n) is 1.89. The van der Waals surface area contributed by atoms with E-state index in [2.05, 4.69) is 28.4 Å². The first-order chi connectivity index (χ1) is 9.31. The topological polar surface area (TPSA) is 54.0 Å². The Bertz CT molecular complexity index is 768. The molecule has 0 aliphatic rings. The molecule has 0 unspecified atom stereocenters. The van der Waals surface area contributed by atoms with Crippen LogP contribution in [0.1, 0.15) is 5.56 Å². The standard InChI is InChI=1S/C14H10N4S/c1-19-12-5-3-11(4-6-12)14-17-16-13-7-2-10(8-15)9-18(13)14/h2-7,9H,1H3. The summed E-state index contributed by atoms with van der Waals surface area (Å²) in [6.07, 6.45) is 3.80. The van der Waals surface area contributed by atoms with Gasteiger partial charge >= 0.3 is 0 Å². The molecule has 0 saturated carbocycles. The minimum absolute atomic E-state index is 0.592. The lowest BCUT2D eigenvalue weighted by atomic mass is 10.2. The normalized spacial score (nSPS) is 10.5. The average molecular weight is 266 g/mol. The van der Waals surface area contributed by atoms with Crippen LogP contribution >= 0.6 is 11.8 Å². The molecule has 0 aliphatic heterocycles. The average Bonchev–Trinajstić information content (AvgIpc) is 2.90. The molecule has 4 nitrogen and oxygen atoms in total. The van der Waals surface area contributed by atoms with Crippen molar-refractivity contribution in [3.8, 4) is 17.5 Å². The lowest BCUT2D eigenvalue weighted by Gasteiger charge is -2.01. The van der Waals surface area contributed by atoms with Crippen LogP contribution in [0.2, 0.25) is 0 Å². The van der Waals surface area contributed by atoms with Crippen LogP contribution in [0.5, 0.6) is 0 Å². The van der Waals surface area contributed by atoms with Gasteiger partial charge in [-0.2, -0.15) is 5.26 Å². The molecule has 0 N–H and O–H groups in total. The number of aromatic nitrogens is 3. The van der Waals surface area contributed by atoms with Gasteiger partial charge in [0.1, 0.15) is 6.07 Å². The van der Waals surface area contributed by atoms with Crippen LogP contribution in [0.15, 0.2) is 47.5 Å². The number of nitriles is 1. The van der Waals surface area contributed by atoms with Gasteiger partial charge in [0.15, 0.2) is 11.5 Å². The van der Waals surface area contributed by atoms with Crippen LogP contribution < -0.4 is 0 Å². The first-order valence-corrected chi connectivity index (χ1v) is 6.93. The van der Waals surface area contributed by atoms with E-state index in [4.69, 9.17) is 5.26 Å². The first kappa shape index (κ1) is 11.8. The second kappa shape index (κ2) is 4.75. The third-order valence-electron chi connectivity index (χ3n) is 2.88. The summed E-state index contributed by atoms with van der Waals surface area (Å²) >= 11 is 1.70. The summed E-state index contributed by atoms with van der Waals surface area (Å²) in [6.45, 7) is 0. The monoisotopic (exact) mass is 266 g/mol. The summed E-state index contributed by atoms with van der Waals surface area (Å²) < 4.78 is 1.84. The Labute approximate surface area is 114 Å². The maximum Gasteiger partial charge on any atom is 0.168 e. The third-order valence-corrected chi connectivity index (χ3v) is 3.62. The van der Waals surface area contributed by atoms with Gasteiger partial charge in [0.2, 0.25) is 0 Å². The summed E-state index contributed by atoms with van der Waals surface area (Å²) in [6, 6.07) is 13.8. The smallest absolute Gasteiger partial charge is 0.168 e. The van der Waals surface area contributed by atoms with Crippen molar-refractivity contribution in [3.05, 3.63) is 48.2 Å². The number of pyridine rings is 1. The second-order valence-corrected chi connectivity index (χ2v) is 4.89. The molecule has 0 saturated heterocycles. The van der Waals surface area contributed by atoms with Gasteiger partial charge in [0.25, 0.3) is 0 Å². The van der Waals surface area contributed by atoms with Gasteiger partial charge in [0.05, 0.1) is 5.56 Å². The summed E-state index contributed by atoms with van der Waals surface area (Å²) in [7, 11) is 0. The minimum Gasteiger partial charge on any atom is -0.281 e. The van der Waals surface area contributed by atoms with E-state index in [0.717, 1.165) is 17.0 Å². The molecular formula is C14H10N4S. The highest BCUT2D eigenvalue weighted by Crippen LogP contribution is 2.22. The van der Waals surface area contributed by atoms with Gasteiger partial charge in [-0.3, -0.25) is 4.40 Å². The maximum atomic E-state index is 8.96. The highest BCUT2D eigenvalue weighted by molar-refractivity contribution is 7.98. The molecule has 0 bridgehead atoms. The van der Waals surface area contributed by atoms with Crippen molar-refractivity contribution in [2.24, 2.45) is 0 Å². The van der Waals surface area contributed by atoms with E-state index in [1.807, 2.05) is 22.8 Å². The van der Waals surface area contributed by atoms with Gasteiger partial charge in [0, 0.05) is 16.7 Å². The lowest BCUT2D eigenvalue weighted by molar-refractivity contribution is 1.11. The van der Waals surface area contributed by atoms with E-state index in [1.165, 1.54) is 4.90 Å². The van der Waals surface area contributed by atoms with E-state index in [-0.39, 0.29) is 0 Å². The number of nitrogens with zero attached hydrogens (tertiary/aromatic N) is 4. The lowest BCUT2D eigenvalue weighted by Crippen LogP contribution is -1.90. The molecule has 19 heavy (non-hydrogen) atoms. The number of hydrogen-bond donors (Lipinski definition) is 0. The summed E-state index contributed by atoms with van der Waals surface area (Å²) in [5, 5.41) is 17.3. The van der Waals surface area contributed by atoms with Crippen LogP contribution in [-0.2, 0) is 0 Å². The predicted octanol–water partition coefficient (Wildman–Crippen LogP) is 2.99. The van der Waals surface area contributed by atoms with Gasteiger partial charge in [-0.25, -0.2) is 0 Å². The molecule has 5 heteroatoms. The summed E-state index contributed by atoms with van der Waals surface area (Å²) in [4.78, 5) is 1.20. The van der Waals surface area contributed by atoms with Crippen molar-refractivity contribution in [1.29, 1.82) is 5.26 Å². The van der Waals surface area contributed by atoms with E-state index >= 15 is 0 Å². The van der Waals surface area contributed by atoms with Crippen LogP contribution in [0.4, 0.5) is 0 Å². The van der Waals surface area contributed by atoms with E-state index in [9.17, 15) is 0 Å². The fraction of sp³-hybridized carbons (Fsp3) is 0.0714. The molecular weight excluding hydrogens is 256 g/mol. The van der Waals surface area contributed by atoms with Crippen LogP contribution in [0.3, 0.4) is 0 Å². The third kappa shape index (κ3) is 2.07. The number of rotatable bonds is 2. The van der Waals surface area contributed by atoms with Gasteiger partial charge in [-0.1, -0.05) is 12.1 Å². The molecule has 3 rings (SSSR count). The molecule has 2 heterocycles. The molecule has 0 fully saturated rings. The largest absolute Gasteiger partial charge is 0.281 e. The summed E-state index contributed by atoms with van der Waals surface area (Å²) in [5.41, 5.74) is 2.32. The molecule has 2 aromatic heterocycles. The zero-order valence-corrected chi connectivity index (χ0v) is 11.1. The Morgan fingerprint density at radius 2 is 1.89 bits per heavy atom. The van der Waals surface area contributed by atoms with Gasteiger partial charge < -0.3 is 0 Å². The molecule has 0 aliphatic carbocycles. The molecule has 0 radical (unpaired) electrons. The Balaban J connectivity index is 2.16. The fourth-order valence-corrected chi connectivity index (χ4v) is 2.30. The van der Waals surface area contributed by atoms with Crippen molar-refractivity contribution in [2.45, 2.75) is 4.90 Å². The Hall–Kier alpha value is -2.32. The molecule has 0 amide bonds. The van der Waals surface area contributed by atoms with Gasteiger partial charge in [-0.15, -0.1) is 22.0 Å². The zero-order chi connectivity index (χ0) is 13.2. The number of fused-ring (bicyclic) bond motifs is 1. The Morgan fingerprint density at radius 3 is 2.58 bits per heavy atom. The quantitative estimate of drug-likeness (QED) is 0.669. The predicted molar refractivity (Wildman–Crippen MR) is 74.9 cm³/mol. The van der Waals surface area contributed by atoms with Crippen molar-refractivity contribution in [2.75, 3.05) is 6.26 Å². The number of hydrogen-bond acceptors (Lipinski definition) is 4. The zero-order valence-electron chi connectivity index (χ0n) is 10.2. The van der Waals surface area contributed by atoms with Gasteiger partial charge in [-0.05, 0) is 30.5 Å². The van der Waals surface area contributed by atoms with Crippen molar-refractivity contribution < 1.29 is 0 Å². The molecule has 0 spiro atoms. The summed E-state index contributed by atoms with van der Waals surface area (Å²) in [5.74, 6) is 0.750. The van der Waals surface area contributed by atoms with Crippen LogP contribution in [0, 0.1) is 11.3 Å². The Kier molecular flexibility index (Phi) is 2.94. The van der Waals surface area contributed by atoms with E-state index < -0.39 is 0 Å². The minimum atomic E-state index is 0.592. The van der Waals surface area contributed by atoms with Crippen molar-refractivity contribution in [1.82, 2.24) is 14.6 Å².